The lowest BCUT2D eigenvalue weighted by Crippen LogP contribution is -2.22. The Hall–Kier alpha value is -2.78. The van der Waals surface area contributed by atoms with E-state index in [9.17, 15) is 13.2 Å². The van der Waals surface area contributed by atoms with Gasteiger partial charge < -0.3 is 14.8 Å². The van der Waals surface area contributed by atoms with Gasteiger partial charge in [-0.15, -0.1) is 0 Å². The van der Waals surface area contributed by atoms with Gasteiger partial charge in [0.25, 0.3) is 5.91 Å². The third kappa shape index (κ3) is 5.92. The molecule has 0 spiro atoms. The van der Waals surface area contributed by atoms with Gasteiger partial charge in [0.05, 0.1) is 15.6 Å². The zero-order valence-electron chi connectivity index (χ0n) is 17.2. The molecule has 0 aliphatic carbocycles. The number of hydrogen-bond acceptors (Lipinski definition) is 5. The maximum atomic E-state index is 12.4. The number of amides is 1. The molecule has 0 saturated heterocycles. The molecule has 0 aliphatic heterocycles. The summed E-state index contributed by atoms with van der Waals surface area (Å²) in [6.45, 7) is -0.364. The molecule has 0 radical (unpaired) electrons. The van der Waals surface area contributed by atoms with Gasteiger partial charge in [0.2, 0.25) is 10.0 Å². The monoisotopic (exact) mass is 494 g/mol. The molecule has 0 aliphatic rings. The number of nitrogens with zero attached hydrogens (tertiary/aromatic N) is 1. The van der Waals surface area contributed by atoms with E-state index >= 15 is 0 Å². The smallest absolute Gasteiger partial charge is 0.262 e. The quantitative estimate of drug-likeness (QED) is 0.473. The van der Waals surface area contributed by atoms with Crippen molar-refractivity contribution in [3.05, 3.63) is 76.8 Å². The van der Waals surface area contributed by atoms with E-state index in [-0.39, 0.29) is 22.3 Å². The number of halogens is 2. The van der Waals surface area contributed by atoms with Gasteiger partial charge in [0.15, 0.2) is 12.4 Å². The van der Waals surface area contributed by atoms with E-state index in [4.69, 9.17) is 32.7 Å². The van der Waals surface area contributed by atoms with E-state index in [1.807, 2.05) is 18.2 Å². The summed E-state index contributed by atoms with van der Waals surface area (Å²) in [5, 5.41) is 3.18. The van der Waals surface area contributed by atoms with E-state index < -0.39 is 15.9 Å². The maximum absolute atomic E-state index is 12.4. The summed E-state index contributed by atoms with van der Waals surface area (Å²) in [7, 11) is -0.795. The van der Waals surface area contributed by atoms with Crippen molar-refractivity contribution in [1.29, 1.82) is 0 Å². The molecule has 1 amide bonds. The second-order valence-electron chi connectivity index (χ2n) is 6.77. The Balaban J connectivity index is 1.69. The number of sulfonamides is 1. The topological polar surface area (TPSA) is 84.9 Å². The first kappa shape index (κ1) is 23.9. The summed E-state index contributed by atoms with van der Waals surface area (Å²) in [6.07, 6.45) is 0. The third-order valence-electron chi connectivity index (χ3n) is 4.23. The molecule has 1 N–H and O–H groups in total. The summed E-state index contributed by atoms with van der Waals surface area (Å²) < 4.78 is 36.7. The molecule has 0 bridgehead atoms. The molecule has 0 atom stereocenters. The van der Waals surface area contributed by atoms with Crippen molar-refractivity contribution in [2.45, 2.75) is 4.90 Å². The van der Waals surface area contributed by atoms with Crippen LogP contribution in [0.15, 0.2) is 71.6 Å². The number of hydrogen-bond donors (Lipinski definition) is 1. The molecule has 0 fully saturated rings. The Labute approximate surface area is 196 Å². The summed E-state index contributed by atoms with van der Waals surface area (Å²) in [4.78, 5) is 12.5. The minimum Gasteiger partial charge on any atom is -0.482 e. The Morgan fingerprint density at radius 2 is 1.66 bits per heavy atom. The first-order chi connectivity index (χ1) is 15.2. The van der Waals surface area contributed by atoms with Crippen LogP contribution in [-0.2, 0) is 14.8 Å². The Kier molecular flexibility index (Phi) is 7.63. The zero-order chi connectivity index (χ0) is 23.3. The minimum atomic E-state index is -3.64. The Morgan fingerprint density at radius 3 is 2.31 bits per heavy atom. The fourth-order valence-corrected chi connectivity index (χ4v) is 4.00. The van der Waals surface area contributed by atoms with E-state index in [2.05, 4.69) is 5.32 Å². The van der Waals surface area contributed by atoms with Crippen LogP contribution in [-0.4, -0.2) is 39.3 Å². The van der Waals surface area contributed by atoms with Crippen molar-refractivity contribution >= 4 is 44.8 Å². The lowest BCUT2D eigenvalue weighted by molar-refractivity contribution is -0.118. The number of ether oxygens (including phenoxy) is 2. The third-order valence-corrected chi connectivity index (χ3v) is 6.57. The highest BCUT2D eigenvalue weighted by Crippen LogP contribution is 2.32. The fraction of sp³-hybridized carbons (Fsp3) is 0.136. The molecule has 0 aromatic heterocycles. The predicted octanol–water partition coefficient (Wildman–Crippen LogP) is 5.05. The number of anilines is 1. The lowest BCUT2D eigenvalue weighted by atomic mass is 10.2. The summed E-state index contributed by atoms with van der Waals surface area (Å²) in [6, 6.07) is 18.0. The van der Waals surface area contributed by atoms with Crippen molar-refractivity contribution in [3.63, 3.8) is 0 Å². The van der Waals surface area contributed by atoms with Crippen molar-refractivity contribution in [1.82, 2.24) is 4.31 Å². The molecule has 3 aromatic carbocycles. The molecule has 0 heterocycles. The molecule has 7 nitrogen and oxygen atoms in total. The van der Waals surface area contributed by atoms with Gasteiger partial charge in [-0.05, 0) is 48.5 Å². The van der Waals surface area contributed by atoms with Crippen molar-refractivity contribution in [2.75, 3.05) is 26.0 Å². The number of carbonyl (C=O) groups excluding carboxylic acids is 1. The second kappa shape index (κ2) is 10.2. The molecule has 0 unspecified atom stereocenters. The molecule has 168 valence electrons. The Morgan fingerprint density at radius 1 is 0.969 bits per heavy atom. The van der Waals surface area contributed by atoms with Gasteiger partial charge in [0, 0.05) is 19.1 Å². The number of carbonyl (C=O) groups is 1. The molecule has 0 saturated carbocycles. The first-order valence-corrected chi connectivity index (χ1v) is 11.5. The standard InChI is InChI=1S/C22H20Cl2N2O5S/c1-26(2)32(28,29)17-9-11-20(18(24)13-17)30-14-22(27)25-19-12-15(23)8-10-21(19)31-16-6-4-3-5-7-16/h3-13H,14H2,1-2H3,(H,25,27). The highest BCUT2D eigenvalue weighted by molar-refractivity contribution is 7.89. The normalized spacial score (nSPS) is 11.3. The summed E-state index contributed by atoms with van der Waals surface area (Å²) in [5.41, 5.74) is 0.369. The zero-order valence-corrected chi connectivity index (χ0v) is 19.5. The van der Waals surface area contributed by atoms with Gasteiger partial charge in [-0.25, -0.2) is 12.7 Å². The summed E-state index contributed by atoms with van der Waals surface area (Å²) in [5.74, 6) is 0.698. The van der Waals surface area contributed by atoms with Crippen LogP contribution in [0.4, 0.5) is 5.69 Å². The number of para-hydroxylation sites is 1. The van der Waals surface area contributed by atoms with Crippen molar-refractivity contribution in [3.8, 4) is 17.2 Å². The van der Waals surface area contributed by atoms with E-state index in [0.29, 0.717) is 22.2 Å². The molecule has 3 rings (SSSR count). The van der Waals surface area contributed by atoms with Crippen LogP contribution in [0, 0.1) is 0 Å². The second-order valence-corrected chi connectivity index (χ2v) is 9.77. The predicted molar refractivity (Wildman–Crippen MR) is 124 cm³/mol. The number of rotatable bonds is 8. The van der Waals surface area contributed by atoms with Gasteiger partial charge in [-0.2, -0.15) is 0 Å². The lowest BCUT2D eigenvalue weighted by Gasteiger charge is -2.14. The van der Waals surface area contributed by atoms with Crippen LogP contribution in [0.2, 0.25) is 10.0 Å². The average Bonchev–Trinajstić information content (AvgIpc) is 2.75. The van der Waals surface area contributed by atoms with Crippen LogP contribution < -0.4 is 14.8 Å². The molecule has 32 heavy (non-hydrogen) atoms. The highest BCUT2D eigenvalue weighted by atomic mass is 35.5. The van der Waals surface area contributed by atoms with Crippen LogP contribution in [0.5, 0.6) is 17.2 Å². The van der Waals surface area contributed by atoms with Gasteiger partial charge >= 0.3 is 0 Å². The van der Waals surface area contributed by atoms with Crippen LogP contribution in [0.25, 0.3) is 0 Å². The van der Waals surface area contributed by atoms with Gasteiger partial charge in [-0.1, -0.05) is 41.4 Å². The van der Waals surface area contributed by atoms with E-state index in [1.165, 1.54) is 32.3 Å². The molecular weight excluding hydrogens is 475 g/mol. The maximum Gasteiger partial charge on any atom is 0.262 e. The van der Waals surface area contributed by atoms with Crippen LogP contribution in [0.1, 0.15) is 0 Å². The molecule has 10 heteroatoms. The fourth-order valence-electron chi connectivity index (χ4n) is 2.60. The van der Waals surface area contributed by atoms with Crippen molar-refractivity contribution < 1.29 is 22.7 Å². The summed E-state index contributed by atoms with van der Waals surface area (Å²) >= 11 is 12.2. The Bertz CT molecular complexity index is 1220. The van der Waals surface area contributed by atoms with E-state index in [1.54, 1.807) is 30.3 Å². The van der Waals surface area contributed by atoms with E-state index in [0.717, 1.165) is 4.31 Å². The molecular formula is C22H20Cl2N2O5S. The van der Waals surface area contributed by atoms with Crippen LogP contribution >= 0.6 is 23.2 Å². The molecule has 3 aromatic rings. The van der Waals surface area contributed by atoms with Crippen LogP contribution in [0.3, 0.4) is 0 Å². The SMILES string of the molecule is CN(C)S(=O)(=O)c1ccc(OCC(=O)Nc2cc(Cl)ccc2Oc2ccccc2)c(Cl)c1. The number of nitrogens with one attached hydrogen (secondary N) is 1. The first-order valence-electron chi connectivity index (χ1n) is 9.34. The number of benzene rings is 3. The van der Waals surface area contributed by atoms with Gasteiger partial charge in [-0.3, -0.25) is 4.79 Å². The average molecular weight is 495 g/mol. The van der Waals surface area contributed by atoms with Crippen molar-refractivity contribution in [2.24, 2.45) is 0 Å². The van der Waals surface area contributed by atoms with Gasteiger partial charge in [0.1, 0.15) is 11.5 Å². The highest BCUT2D eigenvalue weighted by Gasteiger charge is 2.19. The minimum absolute atomic E-state index is 0.0194. The largest absolute Gasteiger partial charge is 0.482 e.